The number of allylic oxidation sites excluding steroid dienone is 1. The zero-order chi connectivity index (χ0) is 19.2. The Kier molecular flexibility index (Phi) is 4.39. The van der Waals surface area contributed by atoms with Gasteiger partial charge in [-0.15, -0.1) is 0 Å². The number of carbonyl (C=O) groups excluding carboxylic acids is 3. The number of likely N-dealkylation sites (N-methyl/N-ethyl adjacent to an activating group) is 2. The Hall–Kier alpha value is -2.96. The van der Waals surface area contributed by atoms with Crippen LogP contribution in [0.25, 0.3) is 5.70 Å². The number of nitrogens with zero attached hydrogens (tertiary/aromatic N) is 3. The second-order valence-electron chi connectivity index (χ2n) is 6.81. The number of carboxylic acids is 1. The molecule has 0 unspecified atom stereocenters. The summed E-state index contributed by atoms with van der Waals surface area (Å²) in [7, 11) is 3.36. The van der Waals surface area contributed by atoms with E-state index in [-0.39, 0.29) is 24.2 Å². The standard InChI is InChI=1S/C19H21N3O4/c1-11(2)16-14-15(19(26)20(16)3)17(21(4)18(14)25)12-5-8-22(9-6-12)10-7-13(23)24/h5-6,8-9,11H,7,10H2,1-4H3. The summed E-state index contributed by atoms with van der Waals surface area (Å²) in [5.41, 5.74) is 3.00. The lowest BCUT2D eigenvalue weighted by molar-refractivity contribution is -0.696. The van der Waals surface area contributed by atoms with Crippen molar-refractivity contribution in [2.45, 2.75) is 26.8 Å². The van der Waals surface area contributed by atoms with Crippen molar-refractivity contribution in [3.63, 3.8) is 0 Å². The monoisotopic (exact) mass is 355 g/mol. The maximum atomic E-state index is 12.8. The van der Waals surface area contributed by atoms with Crippen LogP contribution in [0.4, 0.5) is 0 Å². The Balaban J connectivity index is 2.05. The summed E-state index contributed by atoms with van der Waals surface area (Å²) in [6.07, 6.45) is 3.39. The molecule has 0 aromatic carbocycles. The minimum atomic E-state index is -1.11. The molecule has 2 aliphatic rings. The van der Waals surface area contributed by atoms with Gasteiger partial charge >= 0.3 is 0 Å². The van der Waals surface area contributed by atoms with Crippen molar-refractivity contribution in [3.8, 4) is 0 Å². The van der Waals surface area contributed by atoms with Gasteiger partial charge in [-0.05, 0) is 5.92 Å². The lowest BCUT2D eigenvalue weighted by Crippen LogP contribution is -2.37. The molecule has 2 aliphatic heterocycles. The summed E-state index contributed by atoms with van der Waals surface area (Å²) < 4.78 is 1.72. The highest BCUT2D eigenvalue weighted by molar-refractivity contribution is 6.25. The minimum absolute atomic E-state index is 0.0516. The summed E-state index contributed by atoms with van der Waals surface area (Å²) in [5, 5.41) is 10.6. The quantitative estimate of drug-likeness (QED) is 0.678. The second-order valence-corrected chi connectivity index (χ2v) is 6.81. The SMILES string of the molecule is CC(C)C1=C2C(=O)N(C)C(c3cc[n+](CCC(=O)[O-])cc3)=C2C(=O)N1C. The first-order valence-corrected chi connectivity index (χ1v) is 8.48. The van der Waals surface area contributed by atoms with Crippen LogP contribution in [0.3, 0.4) is 0 Å². The Morgan fingerprint density at radius 1 is 1.08 bits per heavy atom. The van der Waals surface area contributed by atoms with Gasteiger partial charge in [-0.3, -0.25) is 9.59 Å². The molecular formula is C19H21N3O4. The molecule has 2 amide bonds. The molecule has 0 bridgehead atoms. The number of hydrogen-bond donors (Lipinski definition) is 0. The van der Waals surface area contributed by atoms with Gasteiger partial charge in [0.15, 0.2) is 18.9 Å². The van der Waals surface area contributed by atoms with Gasteiger partial charge in [0.25, 0.3) is 11.8 Å². The third-order valence-corrected chi connectivity index (χ3v) is 4.76. The highest BCUT2D eigenvalue weighted by Crippen LogP contribution is 2.43. The van der Waals surface area contributed by atoms with Crippen molar-refractivity contribution in [2.24, 2.45) is 5.92 Å². The first kappa shape index (κ1) is 17.8. The molecule has 1 aromatic heterocycles. The molecule has 7 nitrogen and oxygen atoms in total. The highest BCUT2D eigenvalue weighted by Gasteiger charge is 2.46. The fraction of sp³-hybridized carbons (Fsp3) is 0.368. The largest absolute Gasteiger partial charge is 0.550 e. The number of aryl methyl sites for hydroxylation is 1. The van der Waals surface area contributed by atoms with Gasteiger partial charge in [0.2, 0.25) is 0 Å². The van der Waals surface area contributed by atoms with E-state index in [0.717, 1.165) is 11.3 Å². The first-order chi connectivity index (χ1) is 12.2. The molecule has 0 saturated heterocycles. The first-order valence-electron chi connectivity index (χ1n) is 8.48. The van der Waals surface area contributed by atoms with Crippen LogP contribution < -0.4 is 9.67 Å². The van der Waals surface area contributed by atoms with E-state index in [1.807, 2.05) is 13.8 Å². The lowest BCUT2D eigenvalue weighted by atomic mass is 10.0. The van der Waals surface area contributed by atoms with Crippen molar-refractivity contribution >= 4 is 23.5 Å². The van der Waals surface area contributed by atoms with Gasteiger partial charge in [0.1, 0.15) is 0 Å². The van der Waals surface area contributed by atoms with Gasteiger partial charge in [-0.2, -0.15) is 0 Å². The fourth-order valence-corrected chi connectivity index (χ4v) is 3.55. The Morgan fingerprint density at radius 2 is 1.65 bits per heavy atom. The number of rotatable bonds is 5. The average molecular weight is 355 g/mol. The molecule has 136 valence electrons. The second kappa shape index (κ2) is 6.40. The van der Waals surface area contributed by atoms with Crippen molar-refractivity contribution in [1.29, 1.82) is 0 Å². The predicted octanol–water partition coefficient (Wildman–Crippen LogP) is -0.321. The average Bonchev–Trinajstić information content (AvgIpc) is 2.99. The molecule has 3 rings (SSSR count). The van der Waals surface area contributed by atoms with Crippen LogP contribution in [-0.2, 0) is 20.9 Å². The van der Waals surface area contributed by atoms with Gasteiger partial charge in [-0.25, -0.2) is 4.57 Å². The molecule has 0 aliphatic carbocycles. The number of hydrogen-bond acceptors (Lipinski definition) is 4. The summed E-state index contributed by atoms with van der Waals surface area (Å²) in [4.78, 5) is 39.2. The van der Waals surface area contributed by atoms with Crippen LogP contribution in [0.5, 0.6) is 0 Å². The molecule has 3 heterocycles. The summed E-state index contributed by atoms with van der Waals surface area (Å²) in [6, 6.07) is 3.57. The molecule has 0 N–H and O–H groups in total. The zero-order valence-corrected chi connectivity index (χ0v) is 15.3. The zero-order valence-electron chi connectivity index (χ0n) is 15.3. The maximum absolute atomic E-state index is 12.8. The number of fused-ring (bicyclic) bond motifs is 1. The Bertz CT molecular complexity index is 865. The van der Waals surface area contributed by atoms with E-state index in [0.29, 0.717) is 23.4 Å². The smallest absolute Gasteiger partial charge is 0.260 e. The number of amides is 2. The van der Waals surface area contributed by atoms with E-state index in [1.165, 1.54) is 4.90 Å². The Labute approximate surface area is 151 Å². The van der Waals surface area contributed by atoms with Gasteiger partial charge in [0.05, 0.1) is 16.8 Å². The van der Waals surface area contributed by atoms with E-state index in [9.17, 15) is 19.5 Å². The normalized spacial score (nSPS) is 17.1. The molecule has 7 heteroatoms. The fourth-order valence-electron chi connectivity index (χ4n) is 3.55. The molecule has 0 radical (unpaired) electrons. The molecule has 0 spiro atoms. The third kappa shape index (κ3) is 2.69. The van der Waals surface area contributed by atoms with E-state index in [2.05, 4.69) is 0 Å². The number of aliphatic carboxylic acids is 1. The van der Waals surface area contributed by atoms with Crippen LogP contribution >= 0.6 is 0 Å². The van der Waals surface area contributed by atoms with Crippen LogP contribution in [0.15, 0.2) is 41.4 Å². The summed E-state index contributed by atoms with van der Waals surface area (Å²) in [5.74, 6) is -1.41. The molecule has 1 aromatic rings. The van der Waals surface area contributed by atoms with Crippen LogP contribution in [-0.4, -0.2) is 41.7 Å². The van der Waals surface area contributed by atoms with E-state index < -0.39 is 5.97 Å². The Morgan fingerprint density at radius 3 is 2.19 bits per heavy atom. The molecule has 0 fully saturated rings. The maximum Gasteiger partial charge on any atom is 0.260 e. The number of carbonyl (C=O) groups is 3. The third-order valence-electron chi connectivity index (χ3n) is 4.76. The van der Waals surface area contributed by atoms with Crippen LogP contribution in [0.1, 0.15) is 25.8 Å². The lowest BCUT2D eigenvalue weighted by Gasteiger charge is -2.21. The number of pyridine rings is 1. The van der Waals surface area contributed by atoms with Gasteiger partial charge in [-0.1, -0.05) is 13.8 Å². The van der Waals surface area contributed by atoms with Crippen molar-refractivity contribution in [1.82, 2.24) is 9.80 Å². The summed E-state index contributed by atoms with van der Waals surface area (Å²) in [6.45, 7) is 4.22. The van der Waals surface area contributed by atoms with Crippen molar-refractivity contribution in [2.75, 3.05) is 14.1 Å². The van der Waals surface area contributed by atoms with Crippen LogP contribution in [0.2, 0.25) is 0 Å². The van der Waals surface area contributed by atoms with Gasteiger partial charge in [0, 0.05) is 49.9 Å². The molecule has 0 saturated carbocycles. The van der Waals surface area contributed by atoms with E-state index in [4.69, 9.17) is 0 Å². The van der Waals surface area contributed by atoms with Crippen molar-refractivity contribution in [3.05, 3.63) is 46.9 Å². The number of carboxylic acid groups (broad SMARTS) is 1. The van der Waals surface area contributed by atoms with Gasteiger partial charge < -0.3 is 19.7 Å². The minimum Gasteiger partial charge on any atom is -0.550 e. The topological polar surface area (TPSA) is 84.6 Å². The van der Waals surface area contributed by atoms with E-state index >= 15 is 0 Å². The van der Waals surface area contributed by atoms with E-state index in [1.54, 1.807) is 48.1 Å². The predicted molar refractivity (Wildman–Crippen MR) is 90.6 cm³/mol. The summed E-state index contributed by atoms with van der Waals surface area (Å²) >= 11 is 0. The van der Waals surface area contributed by atoms with Crippen molar-refractivity contribution < 1.29 is 24.1 Å². The number of aromatic nitrogens is 1. The van der Waals surface area contributed by atoms with Crippen LogP contribution in [0, 0.1) is 5.92 Å². The molecular weight excluding hydrogens is 334 g/mol. The molecule has 0 atom stereocenters. The highest BCUT2D eigenvalue weighted by atomic mass is 16.4. The molecule has 26 heavy (non-hydrogen) atoms.